The van der Waals surface area contributed by atoms with Gasteiger partial charge < -0.3 is 35.8 Å². The molecule has 0 aliphatic carbocycles. The van der Waals surface area contributed by atoms with E-state index in [1.54, 1.807) is 0 Å². The van der Waals surface area contributed by atoms with Gasteiger partial charge in [0.05, 0.1) is 13.2 Å². The summed E-state index contributed by atoms with van der Waals surface area (Å²) in [5, 5.41) is 37.4. The fourth-order valence-corrected chi connectivity index (χ4v) is 2.73. The predicted octanol–water partition coefficient (Wildman–Crippen LogP) is -3.34. The molecule has 0 aromatic carbocycles. The van der Waals surface area contributed by atoms with Crippen molar-refractivity contribution in [1.82, 2.24) is 0 Å². The number of ether oxygens (including phenoxy) is 1. The third-order valence-corrected chi connectivity index (χ3v) is 4.14. The van der Waals surface area contributed by atoms with Gasteiger partial charge in [-0.05, 0) is 0 Å². The van der Waals surface area contributed by atoms with Crippen molar-refractivity contribution in [3.63, 3.8) is 0 Å². The maximum atomic E-state index is 11.2. The Kier molecular flexibility index (Phi) is 5.36. The van der Waals surface area contributed by atoms with E-state index >= 15 is 0 Å². The quantitative estimate of drug-likeness (QED) is 0.289. The highest BCUT2D eigenvalue weighted by Crippen LogP contribution is 2.43. The van der Waals surface area contributed by atoms with Crippen molar-refractivity contribution < 1.29 is 34.9 Å². The summed E-state index contributed by atoms with van der Waals surface area (Å²) in [6, 6.07) is 0. The normalized spacial score (nSPS) is 40.0. The van der Waals surface area contributed by atoms with Crippen molar-refractivity contribution in [3.8, 4) is 0 Å². The summed E-state index contributed by atoms with van der Waals surface area (Å²) in [5.74, 6) is -1.36. The number of nitrogens with two attached hydrogens (primary N) is 1. The largest absolute Gasteiger partial charge is 0.394 e. The lowest BCUT2D eigenvalue weighted by Gasteiger charge is -2.40. The molecular weight excluding hydrogens is 253 g/mol. The van der Waals surface area contributed by atoms with Gasteiger partial charge in [-0.1, -0.05) is 0 Å². The minimum absolute atomic E-state index is 0.419. The average Bonchev–Trinajstić information content (AvgIpc) is 2.34. The van der Waals surface area contributed by atoms with Crippen molar-refractivity contribution >= 4 is 13.7 Å². The Morgan fingerprint density at radius 1 is 1.24 bits per heavy atom. The Morgan fingerprint density at radius 2 is 1.82 bits per heavy atom. The van der Waals surface area contributed by atoms with E-state index in [1.165, 1.54) is 0 Å². The Bertz CT molecular complexity index is 277. The summed E-state index contributed by atoms with van der Waals surface area (Å²) in [6.45, 7) is -1.03. The van der Waals surface area contributed by atoms with E-state index in [-0.39, 0.29) is 0 Å². The third kappa shape index (κ3) is 2.98. The number of rotatable bonds is 4. The van der Waals surface area contributed by atoms with E-state index in [9.17, 15) is 25.0 Å². The number of carbonyl (C=O) groups excluding carboxylic acids is 1. The number of aliphatic hydroxyl groups is 4. The van der Waals surface area contributed by atoms with Gasteiger partial charge in [-0.2, -0.15) is 0 Å². The molecule has 1 heterocycles. The topological polar surface area (TPSA) is 153 Å². The summed E-state index contributed by atoms with van der Waals surface area (Å²) < 4.78 is 5.01. The molecule has 0 amide bonds. The Balaban J connectivity index is 2.81. The molecule has 100 valence electrons. The molecule has 0 spiro atoms. The lowest BCUT2D eigenvalue weighted by atomic mass is 10.0. The highest BCUT2D eigenvalue weighted by molar-refractivity contribution is 7.70. The van der Waals surface area contributed by atoms with Gasteiger partial charge in [0.1, 0.15) is 38.4 Å². The molecule has 1 aliphatic heterocycles. The van der Waals surface area contributed by atoms with Crippen LogP contribution in [0.3, 0.4) is 0 Å². The molecule has 7 N–H and O–H groups in total. The molecule has 17 heavy (non-hydrogen) atoms. The van der Waals surface area contributed by atoms with Crippen LogP contribution in [0.25, 0.3) is 0 Å². The molecule has 1 rings (SSSR count). The SMILES string of the molecule is NCC(=O)P(O)C1O[C@H](CO)[C@H](O)[C@H](O)[C@H]1O. The first-order chi connectivity index (χ1) is 7.93. The first-order valence-corrected chi connectivity index (χ1v) is 6.32. The summed E-state index contributed by atoms with van der Waals surface area (Å²) in [6.07, 6.45) is -5.86. The zero-order chi connectivity index (χ0) is 13.2. The number of hydrogen-bond acceptors (Lipinski definition) is 8. The Morgan fingerprint density at radius 3 is 2.29 bits per heavy atom. The Hall–Kier alpha value is -0.180. The first kappa shape index (κ1) is 14.9. The molecule has 2 unspecified atom stereocenters. The fourth-order valence-electron chi connectivity index (χ4n) is 1.52. The van der Waals surface area contributed by atoms with Crippen LogP contribution in [0.4, 0.5) is 0 Å². The van der Waals surface area contributed by atoms with Crippen LogP contribution >= 0.6 is 8.15 Å². The van der Waals surface area contributed by atoms with Crippen molar-refractivity contribution in [2.24, 2.45) is 5.73 Å². The summed E-state index contributed by atoms with van der Waals surface area (Å²) in [4.78, 5) is 20.8. The van der Waals surface area contributed by atoms with E-state index < -0.39 is 57.1 Å². The van der Waals surface area contributed by atoms with Gasteiger partial charge in [0, 0.05) is 0 Å². The van der Waals surface area contributed by atoms with E-state index in [2.05, 4.69) is 0 Å². The van der Waals surface area contributed by atoms with Crippen LogP contribution < -0.4 is 5.73 Å². The molecule has 1 aliphatic rings. The summed E-state index contributed by atoms with van der Waals surface area (Å²) in [7, 11) is -2.40. The van der Waals surface area contributed by atoms with E-state index in [4.69, 9.17) is 15.6 Å². The number of carbonyl (C=O) groups is 1. The number of aliphatic hydroxyl groups excluding tert-OH is 4. The second-order valence-corrected chi connectivity index (χ2v) is 5.36. The standard InChI is InChI=1S/C8H16NO7P/c9-1-4(11)17(15)8-7(14)6(13)5(12)3(2-10)16-8/h3,5-8,10,12-15H,1-2,9H2/t3-,5+,6+,7-,8?,17?/m1/s1. The zero-order valence-electron chi connectivity index (χ0n) is 8.88. The van der Waals surface area contributed by atoms with E-state index in [0.717, 1.165) is 0 Å². The molecule has 1 fully saturated rings. The van der Waals surface area contributed by atoms with Gasteiger partial charge in [-0.3, -0.25) is 4.79 Å². The maximum absolute atomic E-state index is 11.2. The zero-order valence-corrected chi connectivity index (χ0v) is 9.77. The van der Waals surface area contributed by atoms with Crippen LogP contribution in [-0.4, -0.2) is 74.3 Å². The van der Waals surface area contributed by atoms with Crippen molar-refractivity contribution in [2.45, 2.75) is 30.3 Å². The molecule has 0 bridgehead atoms. The maximum Gasteiger partial charge on any atom is 0.197 e. The second kappa shape index (κ2) is 6.12. The monoisotopic (exact) mass is 269 g/mol. The van der Waals surface area contributed by atoms with Crippen molar-refractivity contribution in [1.29, 1.82) is 0 Å². The predicted molar refractivity (Wildman–Crippen MR) is 57.0 cm³/mol. The van der Waals surface area contributed by atoms with Crippen molar-refractivity contribution in [2.75, 3.05) is 13.2 Å². The van der Waals surface area contributed by atoms with Crippen LogP contribution in [0.15, 0.2) is 0 Å². The fraction of sp³-hybridized carbons (Fsp3) is 0.875. The summed E-state index contributed by atoms with van der Waals surface area (Å²) >= 11 is 0. The highest BCUT2D eigenvalue weighted by Gasteiger charge is 2.47. The van der Waals surface area contributed by atoms with Gasteiger partial charge >= 0.3 is 0 Å². The van der Waals surface area contributed by atoms with Crippen LogP contribution in [-0.2, 0) is 9.53 Å². The molecule has 6 atom stereocenters. The Labute approximate surface area is 98.5 Å². The first-order valence-electron chi connectivity index (χ1n) is 4.95. The van der Waals surface area contributed by atoms with E-state index in [0.29, 0.717) is 0 Å². The third-order valence-electron chi connectivity index (χ3n) is 2.54. The molecule has 0 radical (unpaired) electrons. The highest BCUT2D eigenvalue weighted by atomic mass is 31.1. The van der Waals surface area contributed by atoms with Crippen LogP contribution in [0.5, 0.6) is 0 Å². The van der Waals surface area contributed by atoms with Gasteiger partial charge in [0.25, 0.3) is 0 Å². The van der Waals surface area contributed by atoms with Crippen LogP contribution in [0, 0.1) is 0 Å². The van der Waals surface area contributed by atoms with E-state index in [1.807, 2.05) is 0 Å². The van der Waals surface area contributed by atoms with Gasteiger partial charge in [-0.25, -0.2) is 0 Å². The number of hydrogen-bond donors (Lipinski definition) is 6. The lowest BCUT2D eigenvalue weighted by molar-refractivity contribution is -0.208. The minimum atomic E-state index is -2.40. The minimum Gasteiger partial charge on any atom is -0.394 e. The van der Waals surface area contributed by atoms with Crippen LogP contribution in [0.1, 0.15) is 0 Å². The molecule has 8 nitrogen and oxygen atoms in total. The molecule has 1 saturated heterocycles. The van der Waals surface area contributed by atoms with Crippen LogP contribution in [0.2, 0.25) is 0 Å². The molecular formula is C8H16NO7P. The average molecular weight is 269 g/mol. The molecule has 9 heteroatoms. The molecule has 0 aromatic heterocycles. The molecule has 0 aromatic rings. The second-order valence-electron chi connectivity index (χ2n) is 3.66. The van der Waals surface area contributed by atoms with Gasteiger partial charge in [0.15, 0.2) is 5.52 Å². The lowest BCUT2D eigenvalue weighted by Crippen LogP contribution is -2.58. The van der Waals surface area contributed by atoms with Gasteiger partial charge in [0.2, 0.25) is 0 Å². The smallest absolute Gasteiger partial charge is 0.197 e. The van der Waals surface area contributed by atoms with Gasteiger partial charge in [-0.15, -0.1) is 0 Å². The summed E-state index contributed by atoms with van der Waals surface area (Å²) in [5.41, 5.74) is 4.36. The molecule has 0 saturated carbocycles. The van der Waals surface area contributed by atoms with Crippen molar-refractivity contribution in [3.05, 3.63) is 0 Å².